The number of aromatic amines is 1. The minimum absolute atomic E-state index is 0.146. The van der Waals surface area contributed by atoms with Gasteiger partial charge in [0.2, 0.25) is 0 Å². The van der Waals surface area contributed by atoms with Crippen LogP contribution in [0.5, 0.6) is 11.5 Å². The summed E-state index contributed by atoms with van der Waals surface area (Å²) in [6, 6.07) is 15.4. The van der Waals surface area contributed by atoms with Crippen LogP contribution in [0.2, 0.25) is 0 Å². The third-order valence-corrected chi connectivity index (χ3v) is 5.51. The largest absolute Gasteiger partial charge is 0.497 e. The van der Waals surface area contributed by atoms with Gasteiger partial charge in [-0.2, -0.15) is 0 Å². The van der Waals surface area contributed by atoms with E-state index in [1.54, 1.807) is 21.3 Å². The van der Waals surface area contributed by atoms with Crippen molar-refractivity contribution in [2.45, 2.75) is 19.5 Å². The molecule has 0 amide bonds. The quantitative estimate of drug-likeness (QED) is 0.358. The van der Waals surface area contributed by atoms with Crippen LogP contribution in [-0.2, 0) is 17.8 Å². The first kappa shape index (κ1) is 23.6. The van der Waals surface area contributed by atoms with Crippen molar-refractivity contribution >= 4 is 28.2 Å². The van der Waals surface area contributed by atoms with Crippen LogP contribution in [0.3, 0.4) is 0 Å². The molecule has 0 aliphatic carbocycles. The Morgan fingerprint density at radius 3 is 2.41 bits per heavy atom. The minimum atomic E-state index is -0.146. The molecule has 2 aromatic carbocycles. The smallest absolute Gasteiger partial charge is 0.253 e. The molecule has 3 rings (SSSR count). The van der Waals surface area contributed by atoms with Crippen LogP contribution >= 0.6 is 12.2 Å². The van der Waals surface area contributed by atoms with Gasteiger partial charge in [0, 0.05) is 38.4 Å². The number of pyridine rings is 1. The number of ether oxygens (including phenoxy) is 3. The molecule has 7 nitrogen and oxygen atoms in total. The zero-order valence-corrected chi connectivity index (χ0v) is 19.5. The summed E-state index contributed by atoms with van der Waals surface area (Å²) >= 11 is 5.66. The van der Waals surface area contributed by atoms with Crippen molar-refractivity contribution in [1.82, 2.24) is 15.2 Å². The lowest BCUT2D eigenvalue weighted by atomic mass is 10.1. The summed E-state index contributed by atoms with van der Waals surface area (Å²) in [5, 5.41) is 4.80. The second-order valence-electron chi connectivity index (χ2n) is 7.36. The third kappa shape index (κ3) is 6.21. The van der Waals surface area contributed by atoms with E-state index in [1.165, 1.54) is 0 Å². The van der Waals surface area contributed by atoms with Crippen molar-refractivity contribution in [1.29, 1.82) is 0 Å². The molecule has 8 heteroatoms. The summed E-state index contributed by atoms with van der Waals surface area (Å²) < 4.78 is 15.6. The number of benzene rings is 2. The SMILES string of the molecule is COCCCNC(=S)N(Cc1ccc(OC)cc1)Cc1cc2ccc(OC)cc2[nH]c1=O. The maximum absolute atomic E-state index is 12.8. The van der Waals surface area contributed by atoms with Crippen molar-refractivity contribution in [3.63, 3.8) is 0 Å². The van der Waals surface area contributed by atoms with Crippen molar-refractivity contribution in [2.24, 2.45) is 0 Å². The molecule has 1 aromatic heterocycles. The average Bonchev–Trinajstić information content (AvgIpc) is 2.81. The Balaban J connectivity index is 1.83. The van der Waals surface area contributed by atoms with E-state index in [9.17, 15) is 4.79 Å². The summed E-state index contributed by atoms with van der Waals surface area (Å²) in [5.41, 5.74) is 2.29. The molecule has 0 saturated heterocycles. The van der Waals surface area contributed by atoms with Gasteiger partial charge in [-0.05, 0) is 59.9 Å². The first-order valence-electron chi connectivity index (χ1n) is 10.4. The highest BCUT2D eigenvalue weighted by atomic mass is 32.1. The van der Waals surface area contributed by atoms with Crippen molar-refractivity contribution in [3.8, 4) is 11.5 Å². The number of hydrogen-bond donors (Lipinski definition) is 2. The first-order chi connectivity index (χ1) is 15.5. The normalized spacial score (nSPS) is 10.7. The highest BCUT2D eigenvalue weighted by molar-refractivity contribution is 7.80. The number of fused-ring (bicyclic) bond motifs is 1. The van der Waals surface area contributed by atoms with Crippen molar-refractivity contribution < 1.29 is 14.2 Å². The molecule has 0 unspecified atom stereocenters. The molecule has 32 heavy (non-hydrogen) atoms. The molecule has 0 saturated carbocycles. The summed E-state index contributed by atoms with van der Waals surface area (Å²) in [4.78, 5) is 17.8. The molecule has 170 valence electrons. The lowest BCUT2D eigenvalue weighted by molar-refractivity contribution is 0.195. The fourth-order valence-electron chi connectivity index (χ4n) is 3.35. The van der Waals surface area contributed by atoms with E-state index in [2.05, 4.69) is 10.3 Å². The van der Waals surface area contributed by atoms with Gasteiger partial charge in [-0.25, -0.2) is 0 Å². The van der Waals surface area contributed by atoms with E-state index in [-0.39, 0.29) is 5.56 Å². The molecule has 2 N–H and O–H groups in total. The van der Waals surface area contributed by atoms with E-state index < -0.39 is 0 Å². The number of rotatable bonds is 10. The molecule has 0 spiro atoms. The maximum atomic E-state index is 12.8. The lowest BCUT2D eigenvalue weighted by Gasteiger charge is -2.26. The zero-order chi connectivity index (χ0) is 22.9. The summed E-state index contributed by atoms with van der Waals surface area (Å²) in [6.45, 7) is 2.28. The number of thiocarbonyl (C=S) groups is 1. The molecule has 0 bridgehead atoms. The van der Waals surface area contributed by atoms with Gasteiger partial charge in [0.1, 0.15) is 11.5 Å². The Kier molecular flexibility index (Phi) is 8.47. The van der Waals surface area contributed by atoms with Gasteiger partial charge in [-0.1, -0.05) is 12.1 Å². The molecule has 1 heterocycles. The summed E-state index contributed by atoms with van der Waals surface area (Å²) in [6.07, 6.45) is 0.839. The van der Waals surface area contributed by atoms with Crippen LogP contribution in [0.15, 0.2) is 53.3 Å². The van der Waals surface area contributed by atoms with E-state index in [0.717, 1.165) is 28.6 Å². The van der Waals surface area contributed by atoms with Crippen molar-refractivity contribution in [2.75, 3.05) is 34.5 Å². The van der Waals surface area contributed by atoms with E-state index >= 15 is 0 Å². The second kappa shape index (κ2) is 11.5. The Morgan fingerprint density at radius 1 is 1.00 bits per heavy atom. The van der Waals surface area contributed by atoms with Crippen molar-refractivity contribution in [3.05, 3.63) is 70.0 Å². The molecule has 3 aromatic rings. The molecule has 0 atom stereocenters. The van der Waals surface area contributed by atoms with Crippen LogP contribution < -0.4 is 20.3 Å². The fourth-order valence-corrected chi connectivity index (χ4v) is 3.58. The van der Waals surface area contributed by atoms with Gasteiger partial charge >= 0.3 is 0 Å². The number of methoxy groups -OCH3 is 3. The Hall–Kier alpha value is -3.10. The van der Waals surface area contributed by atoms with Gasteiger partial charge in [-0.15, -0.1) is 0 Å². The number of H-pyrrole nitrogens is 1. The summed E-state index contributed by atoms with van der Waals surface area (Å²) in [5.74, 6) is 1.49. The van der Waals surface area contributed by atoms with Crippen LogP contribution in [0.1, 0.15) is 17.5 Å². The molecule has 0 aliphatic rings. The highest BCUT2D eigenvalue weighted by Crippen LogP contribution is 2.20. The van der Waals surface area contributed by atoms with E-state index in [0.29, 0.717) is 42.7 Å². The maximum Gasteiger partial charge on any atom is 0.253 e. The number of nitrogens with zero attached hydrogens (tertiary/aromatic N) is 1. The van der Waals surface area contributed by atoms with Gasteiger partial charge in [-0.3, -0.25) is 4.79 Å². The van der Waals surface area contributed by atoms with Gasteiger partial charge in [0.25, 0.3) is 5.56 Å². The predicted molar refractivity (Wildman–Crippen MR) is 130 cm³/mol. The monoisotopic (exact) mass is 455 g/mol. The average molecular weight is 456 g/mol. The van der Waals surface area contributed by atoms with E-state index in [1.807, 2.05) is 53.4 Å². The third-order valence-electron chi connectivity index (χ3n) is 5.11. The van der Waals surface area contributed by atoms with Crippen LogP contribution in [0, 0.1) is 0 Å². The van der Waals surface area contributed by atoms with Gasteiger partial charge in [0.15, 0.2) is 5.11 Å². The van der Waals surface area contributed by atoms with E-state index in [4.69, 9.17) is 26.4 Å². The van der Waals surface area contributed by atoms with Gasteiger partial charge in [0.05, 0.1) is 26.3 Å². The molecule has 0 fully saturated rings. The number of nitrogens with one attached hydrogen (secondary N) is 2. The molecular weight excluding hydrogens is 426 g/mol. The van der Waals surface area contributed by atoms with Crippen LogP contribution in [0.4, 0.5) is 0 Å². The van der Waals surface area contributed by atoms with Gasteiger partial charge < -0.3 is 29.4 Å². The first-order valence-corrected chi connectivity index (χ1v) is 10.8. The summed E-state index contributed by atoms with van der Waals surface area (Å²) in [7, 11) is 4.92. The number of hydrogen-bond acceptors (Lipinski definition) is 5. The Morgan fingerprint density at radius 2 is 1.72 bits per heavy atom. The predicted octanol–water partition coefficient (Wildman–Crippen LogP) is 3.46. The Labute approximate surface area is 193 Å². The Bertz CT molecular complexity index is 1100. The highest BCUT2D eigenvalue weighted by Gasteiger charge is 2.14. The lowest BCUT2D eigenvalue weighted by Crippen LogP contribution is -2.40. The van der Waals surface area contributed by atoms with Crippen LogP contribution in [0.25, 0.3) is 10.9 Å². The fraction of sp³-hybridized carbons (Fsp3) is 0.333. The topological polar surface area (TPSA) is 75.8 Å². The number of aromatic nitrogens is 1. The zero-order valence-electron chi connectivity index (χ0n) is 18.6. The standard InChI is InChI=1S/C24H29N3O4S/c1-29-12-4-11-25-24(32)27(15-17-5-8-20(30-2)9-6-17)16-19-13-18-7-10-21(31-3)14-22(18)26-23(19)28/h5-10,13-14H,4,11-12,15-16H2,1-3H3,(H,25,32)(H,26,28). The van der Waals surface area contributed by atoms with Crippen LogP contribution in [-0.4, -0.2) is 49.5 Å². The minimum Gasteiger partial charge on any atom is -0.497 e. The second-order valence-corrected chi connectivity index (χ2v) is 7.75. The molecule has 0 radical (unpaired) electrons. The molecule has 0 aliphatic heterocycles. The molecular formula is C24H29N3O4S.